The third-order valence-corrected chi connectivity index (χ3v) is 3.98. The predicted octanol–water partition coefficient (Wildman–Crippen LogP) is 4.39. The van der Waals surface area contributed by atoms with Crippen LogP contribution in [-0.4, -0.2) is 16.1 Å². The monoisotopic (exact) mass is 293 g/mol. The van der Waals surface area contributed by atoms with E-state index < -0.39 is 5.97 Å². The average molecular weight is 293 g/mol. The molecule has 0 unspecified atom stereocenters. The number of carboxylic acid groups (broad SMARTS) is 1. The number of carboxylic acids is 1. The van der Waals surface area contributed by atoms with Crippen LogP contribution in [-0.2, 0) is 11.2 Å². The zero-order chi connectivity index (χ0) is 15.9. The molecule has 3 nitrogen and oxygen atoms in total. The number of aromatic nitrogens is 1. The number of aromatic amines is 1. The molecule has 2 aromatic carbocycles. The zero-order valence-electron chi connectivity index (χ0n) is 13.0. The van der Waals surface area contributed by atoms with Gasteiger partial charge in [0.05, 0.1) is 12.1 Å². The van der Waals surface area contributed by atoms with E-state index in [2.05, 4.69) is 30.1 Å². The van der Waals surface area contributed by atoms with Gasteiger partial charge in [-0.05, 0) is 55.2 Å². The molecular formula is C19H19NO2. The molecule has 0 saturated heterocycles. The fourth-order valence-corrected chi connectivity index (χ4v) is 3.18. The lowest BCUT2D eigenvalue weighted by molar-refractivity contribution is -0.136. The second-order valence-corrected chi connectivity index (χ2v) is 5.92. The van der Waals surface area contributed by atoms with Crippen LogP contribution in [0.15, 0.2) is 36.4 Å². The molecule has 0 aliphatic heterocycles. The summed E-state index contributed by atoms with van der Waals surface area (Å²) in [6.07, 6.45) is 0.0210. The van der Waals surface area contributed by atoms with E-state index >= 15 is 0 Å². The lowest BCUT2D eigenvalue weighted by Gasteiger charge is -2.05. The van der Waals surface area contributed by atoms with Crippen molar-refractivity contribution in [3.63, 3.8) is 0 Å². The SMILES string of the molecule is Cc1cccc(-c2[nH]c3cc(C)cc(C)c3c2CC(=O)O)c1. The first kappa shape index (κ1) is 14.4. The topological polar surface area (TPSA) is 53.1 Å². The Morgan fingerprint density at radius 3 is 2.55 bits per heavy atom. The van der Waals surface area contributed by atoms with Crippen molar-refractivity contribution < 1.29 is 9.90 Å². The molecule has 22 heavy (non-hydrogen) atoms. The van der Waals surface area contributed by atoms with E-state index in [1.807, 2.05) is 32.0 Å². The number of hydrogen-bond acceptors (Lipinski definition) is 1. The smallest absolute Gasteiger partial charge is 0.307 e. The first-order valence-electron chi connectivity index (χ1n) is 7.36. The Hall–Kier alpha value is -2.55. The molecule has 0 aliphatic rings. The average Bonchev–Trinajstić information content (AvgIpc) is 2.76. The van der Waals surface area contributed by atoms with Crippen LogP contribution in [0.3, 0.4) is 0 Å². The van der Waals surface area contributed by atoms with Crippen molar-refractivity contribution in [1.29, 1.82) is 0 Å². The molecule has 1 aromatic heterocycles. The lowest BCUT2D eigenvalue weighted by Crippen LogP contribution is -2.01. The number of carbonyl (C=O) groups is 1. The summed E-state index contributed by atoms with van der Waals surface area (Å²) in [7, 11) is 0. The fraction of sp³-hybridized carbons (Fsp3) is 0.211. The third-order valence-electron chi connectivity index (χ3n) is 3.98. The normalized spacial score (nSPS) is 11.0. The Morgan fingerprint density at radius 2 is 1.86 bits per heavy atom. The van der Waals surface area contributed by atoms with E-state index in [-0.39, 0.29) is 6.42 Å². The fourth-order valence-electron chi connectivity index (χ4n) is 3.18. The molecule has 0 spiro atoms. The Kier molecular flexibility index (Phi) is 3.49. The maximum absolute atomic E-state index is 11.3. The Bertz CT molecular complexity index is 875. The maximum atomic E-state index is 11.3. The minimum Gasteiger partial charge on any atom is -0.481 e. The molecule has 0 saturated carbocycles. The summed E-state index contributed by atoms with van der Waals surface area (Å²) in [6, 6.07) is 12.3. The number of rotatable bonds is 3. The highest BCUT2D eigenvalue weighted by atomic mass is 16.4. The summed E-state index contributed by atoms with van der Waals surface area (Å²) in [4.78, 5) is 14.8. The van der Waals surface area contributed by atoms with Gasteiger partial charge in [0.1, 0.15) is 0 Å². The number of benzene rings is 2. The molecule has 0 amide bonds. The summed E-state index contributed by atoms with van der Waals surface area (Å²) >= 11 is 0. The Balaban J connectivity index is 2.33. The van der Waals surface area contributed by atoms with Crippen molar-refractivity contribution in [1.82, 2.24) is 4.98 Å². The van der Waals surface area contributed by atoms with Crippen molar-refractivity contribution in [3.8, 4) is 11.3 Å². The molecule has 0 aliphatic carbocycles. The second-order valence-electron chi connectivity index (χ2n) is 5.92. The number of H-pyrrole nitrogens is 1. The number of aliphatic carboxylic acids is 1. The minimum absolute atomic E-state index is 0.0210. The quantitative estimate of drug-likeness (QED) is 0.752. The van der Waals surface area contributed by atoms with E-state index in [1.54, 1.807) is 0 Å². The van der Waals surface area contributed by atoms with Gasteiger partial charge in [0, 0.05) is 10.9 Å². The predicted molar refractivity (Wildman–Crippen MR) is 89.3 cm³/mol. The molecular weight excluding hydrogens is 274 g/mol. The van der Waals surface area contributed by atoms with E-state index in [9.17, 15) is 9.90 Å². The summed E-state index contributed by atoms with van der Waals surface area (Å²) in [5.41, 5.74) is 7.26. The van der Waals surface area contributed by atoms with E-state index in [0.29, 0.717) is 0 Å². The van der Waals surface area contributed by atoms with Gasteiger partial charge in [0.15, 0.2) is 0 Å². The summed E-state index contributed by atoms with van der Waals surface area (Å²) in [5.74, 6) is -0.810. The molecule has 2 N–H and O–H groups in total. The highest BCUT2D eigenvalue weighted by Gasteiger charge is 2.17. The van der Waals surface area contributed by atoms with Crippen LogP contribution in [0.4, 0.5) is 0 Å². The Morgan fingerprint density at radius 1 is 1.09 bits per heavy atom. The largest absolute Gasteiger partial charge is 0.481 e. The molecule has 0 atom stereocenters. The summed E-state index contributed by atoms with van der Waals surface area (Å²) in [6.45, 7) is 6.13. The maximum Gasteiger partial charge on any atom is 0.307 e. The first-order valence-corrected chi connectivity index (χ1v) is 7.36. The summed E-state index contributed by atoms with van der Waals surface area (Å²) < 4.78 is 0. The first-order chi connectivity index (χ1) is 10.5. The number of fused-ring (bicyclic) bond motifs is 1. The van der Waals surface area contributed by atoms with Gasteiger partial charge in [-0.3, -0.25) is 4.79 Å². The van der Waals surface area contributed by atoms with Crippen molar-refractivity contribution in [3.05, 3.63) is 58.7 Å². The molecule has 0 radical (unpaired) electrons. The van der Waals surface area contributed by atoms with Crippen LogP contribution in [0.5, 0.6) is 0 Å². The van der Waals surface area contributed by atoms with Crippen LogP contribution >= 0.6 is 0 Å². The Labute approximate surface area is 129 Å². The number of hydrogen-bond donors (Lipinski definition) is 2. The third kappa shape index (κ3) is 2.50. The van der Waals surface area contributed by atoms with Crippen LogP contribution in [0.1, 0.15) is 22.3 Å². The van der Waals surface area contributed by atoms with Crippen LogP contribution in [0, 0.1) is 20.8 Å². The molecule has 0 fully saturated rings. The molecule has 112 valence electrons. The van der Waals surface area contributed by atoms with Crippen molar-refractivity contribution in [2.45, 2.75) is 27.2 Å². The van der Waals surface area contributed by atoms with Crippen molar-refractivity contribution in [2.75, 3.05) is 0 Å². The van der Waals surface area contributed by atoms with Gasteiger partial charge >= 0.3 is 5.97 Å². The number of nitrogens with one attached hydrogen (secondary N) is 1. The van der Waals surface area contributed by atoms with Gasteiger partial charge in [-0.2, -0.15) is 0 Å². The van der Waals surface area contributed by atoms with Gasteiger partial charge in [-0.1, -0.05) is 29.8 Å². The van der Waals surface area contributed by atoms with Gasteiger partial charge in [-0.25, -0.2) is 0 Å². The summed E-state index contributed by atoms with van der Waals surface area (Å²) in [5, 5.41) is 10.3. The highest BCUT2D eigenvalue weighted by Crippen LogP contribution is 2.33. The van der Waals surface area contributed by atoms with Crippen molar-refractivity contribution in [2.24, 2.45) is 0 Å². The van der Waals surface area contributed by atoms with E-state index in [1.165, 1.54) is 5.56 Å². The second kappa shape index (κ2) is 5.34. The minimum atomic E-state index is -0.810. The standard InChI is InChI=1S/C19H19NO2/c1-11-5-4-6-14(8-11)19-15(10-17(21)22)18-13(3)7-12(2)9-16(18)20-19/h4-9,20H,10H2,1-3H3,(H,21,22). The molecule has 1 heterocycles. The van der Waals surface area contributed by atoms with Gasteiger partial charge in [-0.15, -0.1) is 0 Å². The molecule has 3 aromatic rings. The molecule has 0 bridgehead atoms. The lowest BCUT2D eigenvalue weighted by atomic mass is 9.98. The van der Waals surface area contributed by atoms with E-state index in [0.717, 1.165) is 38.9 Å². The van der Waals surface area contributed by atoms with Crippen LogP contribution in [0.25, 0.3) is 22.2 Å². The zero-order valence-corrected chi connectivity index (χ0v) is 13.0. The van der Waals surface area contributed by atoms with Gasteiger partial charge < -0.3 is 10.1 Å². The molecule has 3 rings (SSSR count). The van der Waals surface area contributed by atoms with Gasteiger partial charge in [0.25, 0.3) is 0 Å². The molecule has 3 heteroatoms. The van der Waals surface area contributed by atoms with Gasteiger partial charge in [0.2, 0.25) is 0 Å². The van der Waals surface area contributed by atoms with Crippen LogP contribution in [0.2, 0.25) is 0 Å². The van der Waals surface area contributed by atoms with Crippen molar-refractivity contribution >= 4 is 16.9 Å². The highest BCUT2D eigenvalue weighted by molar-refractivity contribution is 5.96. The van der Waals surface area contributed by atoms with E-state index in [4.69, 9.17) is 0 Å². The van der Waals surface area contributed by atoms with Crippen LogP contribution < -0.4 is 0 Å². The number of aryl methyl sites for hydroxylation is 3.